The van der Waals surface area contributed by atoms with E-state index in [1.165, 1.54) is 6.21 Å². The van der Waals surface area contributed by atoms with E-state index in [1.54, 1.807) is 54.6 Å². The number of nitrogens with zero attached hydrogens (tertiary/aromatic N) is 2. The Hall–Kier alpha value is -2.33. The average molecular weight is 545 g/mol. The second-order valence-corrected chi connectivity index (χ2v) is 9.95. The molecule has 0 aliphatic heterocycles. The highest BCUT2D eigenvalue weighted by Crippen LogP contribution is 2.31. The Labute approximate surface area is 197 Å². The van der Waals surface area contributed by atoms with E-state index in [0.29, 0.717) is 37.3 Å². The molecule has 3 aromatic rings. The number of amides is 1. The molecule has 0 spiro atoms. The van der Waals surface area contributed by atoms with Gasteiger partial charge in [-0.2, -0.15) is 5.10 Å². The molecule has 31 heavy (non-hydrogen) atoms. The number of carbonyl (C=O) groups excluding carboxylic acids is 1. The number of sulfonamides is 1. The van der Waals surface area contributed by atoms with E-state index in [4.69, 9.17) is 27.6 Å². The van der Waals surface area contributed by atoms with Gasteiger partial charge in [-0.05, 0) is 58.4 Å². The Bertz CT molecular complexity index is 1240. The fourth-order valence-corrected chi connectivity index (χ4v) is 4.61. The van der Waals surface area contributed by atoms with Crippen molar-refractivity contribution in [2.24, 2.45) is 5.10 Å². The number of hydrogen-bond acceptors (Lipinski definition) is 5. The third kappa shape index (κ3) is 6.10. The first kappa shape index (κ1) is 23.3. The number of para-hydroxylation sites is 1. The maximum Gasteiger partial charge on any atom is 0.260 e. The Morgan fingerprint density at radius 1 is 1.19 bits per heavy atom. The molecule has 7 nitrogen and oxygen atoms in total. The third-order valence-electron chi connectivity index (χ3n) is 4.01. The van der Waals surface area contributed by atoms with Gasteiger partial charge in [-0.3, -0.25) is 9.10 Å². The predicted octanol–water partition coefficient (Wildman–Crippen LogP) is 4.93. The molecule has 1 heterocycles. The number of carbonyl (C=O) groups is 1. The quantitative estimate of drug-likeness (QED) is 0.337. The minimum absolute atomic E-state index is 0.347. The van der Waals surface area contributed by atoms with E-state index in [-0.39, 0.29) is 0 Å². The molecule has 0 atom stereocenters. The molecule has 0 aliphatic rings. The second kappa shape index (κ2) is 9.86. The summed E-state index contributed by atoms with van der Waals surface area (Å²) in [6.07, 6.45) is 2.32. The van der Waals surface area contributed by atoms with Crippen molar-refractivity contribution in [3.63, 3.8) is 0 Å². The van der Waals surface area contributed by atoms with Crippen LogP contribution in [-0.2, 0) is 14.8 Å². The molecule has 0 saturated carbocycles. The number of rotatable bonds is 7. The van der Waals surface area contributed by atoms with Gasteiger partial charge in [0, 0.05) is 15.1 Å². The number of benzene rings is 2. The lowest BCUT2D eigenvalue weighted by Crippen LogP contribution is -2.39. The summed E-state index contributed by atoms with van der Waals surface area (Å²) < 4.78 is 31.5. The lowest BCUT2D eigenvalue weighted by molar-refractivity contribution is -0.119. The normalized spacial score (nSPS) is 11.6. The summed E-state index contributed by atoms with van der Waals surface area (Å²) in [5.41, 5.74) is 3.30. The van der Waals surface area contributed by atoms with Crippen LogP contribution in [0.4, 0.5) is 5.69 Å². The fraction of sp³-hybridized carbons (Fsp3) is 0.100. The van der Waals surface area contributed by atoms with E-state index in [2.05, 4.69) is 26.5 Å². The maximum absolute atomic E-state index is 12.3. The number of anilines is 1. The molecular formula is C20H16BrCl2N3O4S. The predicted molar refractivity (Wildman–Crippen MR) is 126 cm³/mol. The Kier molecular flexibility index (Phi) is 7.42. The van der Waals surface area contributed by atoms with Crippen molar-refractivity contribution in [3.8, 4) is 11.3 Å². The number of furan rings is 1. The number of halogens is 3. The van der Waals surface area contributed by atoms with Crippen LogP contribution in [0.25, 0.3) is 11.3 Å². The standard InChI is InChI=1S/C20H16BrCl2N3O4S/c1-31(28,29)26(18-5-3-2-4-16(18)21)12-20(27)25-24-11-14-7-9-19(30-14)15-8-6-13(22)10-17(15)23/h2-11H,12H2,1H3,(H,25,27)/b24-11-. The zero-order valence-electron chi connectivity index (χ0n) is 16.1. The molecule has 3 rings (SSSR count). The first-order valence-electron chi connectivity index (χ1n) is 8.74. The van der Waals surface area contributed by atoms with Crippen LogP contribution in [0, 0.1) is 0 Å². The Morgan fingerprint density at radius 2 is 1.94 bits per heavy atom. The molecule has 0 fully saturated rings. The second-order valence-electron chi connectivity index (χ2n) is 6.34. The van der Waals surface area contributed by atoms with E-state index in [1.807, 2.05) is 0 Å². The SMILES string of the molecule is CS(=O)(=O)N(CC(=O)N/N=C\c1ccc(-c2ccc(Cl)cc2Cl)o1)c1ccccc1Br. The van der Waals surface area contributed by atoms with Crippen LogP contribution in [0.2, 0.25) is 10.0 Å². The summed E-state index contributed by atoms with van der Waals surface area (Å²) in [6, 6.07) is 15.1. The molecule has 1 aromatic heterocycles. The van der Waals surface area contributed by atoms with Gasteiger partial charge in [0.1, 0.15) is 18.1 Å². The molecule has 2 aromatic carbocycles. The van der Waals surface area contributed by atoms with Crippen LogP contribution in [0.1, 0.15) is 5.76 Å². The largest absolute Gasteiger partial charge is 0.455 e. The lowest BCUT2D eigenvalue weighted by atomic mass is 10.2. The summed E-state index contributed by atoms with van der Waals surface area (Å²) in [6.45, 7) is -0.442. The van der Waals surface area contributed by atoms with Gasteiger partial charge >= 0.3 is 0 Å². The molecule has 1 amide bonds. The van der Waals surface area contributed by atoms with Gasteiger partial charge in [-0.1, -0.05) is 35.3 Å². The van der Waals surface area contributed by atoms with Crippen molar-refractivity contribution >= 4 is 67.0 Å². The van der Waals surface area contributed by atoms with E-state index >= 15 is 0 Å². The number of nitrogens with one attached hydrogen (secondary N) is 1. The van der Waals surface area contributed by atoms with Crippen LogP contribution < -0.4 is 9.73 Å². The molecule has 0 saturated heterocycles. The first-order chi connectivity index (χ1) is 14.6. The van der Waals surface area contributed by atoms with Crippen molar-refractivity contribution in [1.82, 2.24) is 5.43 Å². The van der Waals surface area contributed by atoms with Crippen LogP contribution in [0.15, 0.2) is 68.6 Å². The molecule has 0 radical (unpaired) electrons. The van der Waals surface area contributed by atoms with Crippen molar-refractivity contribution in [2.75, 3.05) is 17.1 Å². The highest BCUT2D eigenvalue weighted by Gasteiger charge is 2.22. The van der Waals surface area contributed by atoms with Crippen LogP contribution in [0.3, 0.4) is 0 Å². The number of hydrazone groups is 1. The van der Waals surface area contributed by atoms with E-state index in [9.17, 15) is 13.2 Å². The van der Waals surface area contributed by atoms with Gasteiger partial charge in [0.25, 0.3) is 5.91 Å². The molecule has 162 valence electrons. The highest BCUT2D eigenvalue weighted by molar-refractivity contribution is 9.10. The van der Waals surface area contributed by atoms with Crippen molar-refractivity contribution in [2.45, 2.75) is 0 Å². The molecule has 11 heteroatoms. The summed E-state index contributed by atoms with van der Waals surface area (Å²) in [5.74, 6) is 0.253. The Balaban J connectivity index is 1.67. The van der Waals surface area contributed by atoms with Crippen molar-refractivity contribution in [3.05, 3.63) is 74.9 Å². The van der Waals surface area contributed by atoms with Gasteiger partial charge < -0.3 is 4.42 Å². The van der Waals surface area contributed by atoms with Gasteiger partial charge in [0.15, 0.2) is 0 Å². The average Bonchev–Trinajstić information content (AvgIpc) is 3.14. The summed E-state index contributed by atoms with van der Waals surface area (Å²) in [4.78, 5) is 12.3. The molecule has 1 N–H and O–H groups in total. The van der Waals surface area contributed by atoms with Crippen LogP contribution in [0.5, 0.6) is 0 Å². The van der Waals surface area contributed by atoms with Crippen molar-refractivity contribution < 1.29 is 17.6 Å². The Morgan fingerprint density at radius 3 is 2.61 bits per heavy atom. The van der Waals surface area contributed by atoms with Crippen LogP contribution >= 0.6 is 39.1 Å². The van der Waals surface area contributed by atoms with E-state index < -0.39 is 22.5 Å². The highest BCUT2D eigenvalue weighted by atomic mass is 79.9. The summed E-state index contributed by atoms with van der Waals surface area (Å²) in [7, 11) is -3.70. The monoisotopic (exact) mass is 543 g/mol. The summed E-state index contributed by atoms with van der Waals surface area (Å²) >= 11 is 15.4. The van der Waals surface area contributed by atoms with Crippen LogP contribution in [-0.4, -0.2) is 33.3 Å². The van der Waals surface area contributed by atoms with Gasteiger partial charge in [-0.15, -0.1) is 0 Å². The minimum atomic E-state index is -3.70. The van der Waals surface area contributed by atoms with Crippen molar-refractivity contribution in [1.29, 1.82) is 0 Å². The zero-order valence-corrected chi connectivity index (χ0v) is 20.0. The van der Waals surface area contributed by atoms with Gasteiger partial charge in [0.2, 0.25) is 10.0 Å². The number of hydrogen-bond donors (Lipinski definition) is 1. The first-order valence-corrected chi connectivity index (χ1v) is 12.1. The summed E-state index contributed by atoms with van der Waals surface area (Å²) in [5, 5.41) is 4.78. The molecule has 0 bridgehead atoms. The topological polar surface area (TPSA) is 92.0 Å². The maximum atomic E-state index is 12.3. The molecule has 0 aliphatic carbocycles. The molecule has 0 unspecified atom stereocenters. The van der Waals surface area contributed by atoms with Gasteiger partial charge in [0.05, 0.1) is 23.2 Å². The smallest absolute Gasteiger partial charge is 0.260 e. The van der Waals surface area contributed by atoms with E-state index in [0.717, 1.165) is 10.6 Å². The van der Waals surface area contributed by atoms with Gasteiger partial charge in [-0.25, -0.2) is 13.8 Å². The molecular weight excluding hydrogens is 529 g/mol. The zero-order chi connectivity index (χ0) is 22.6. The third-order valence-corrected chi connectivity index (χ3v) is 6.36. The fourth-order valence-electron chi connectivity index (χ4n) is 2.63. The minimum Gasteiger partial charge on any atom is -0.455 e. The lowest BCUT2D eigenvalue weighted by Gasteiger charge is -2.22.